The fourth-order valence-electron chi connectivity index (χ4n) is 2.50. The molecule has 0 N–H and O–H groups in total. The first-order valence-electron chi connectivity index (χ1n) is 7.18. The number of aryl methyl sites for hydroxylation is 1. The zero-order valence-electron chi connectivity index (χ0n) is 12.4. The van der Waals surface area contributed by atoms with Crippen LogP contribution in [0.25, 0.3) is 10.2 Å². The number of thiophene rings is 1. The van der Waals surface area contributed by atoms with Crippen LogP contribution in [0.3, 0.4) is 0 Å². The second kappa shape index (κ2) is 5.89. The van der Waals surface area contributed by atoms with Crippen LogP contribution < -0.4 is 0 Å². The van der Waals surface area contributed by atoms with Gasteiger partial charge in [-0.15, -0.1) is 21.5 Å². The van der Waals surface area contributed by atoms with E-state index in [9.17, 15) is 4.79 Å². The van der Waals surface area contributed by atoms with Gasteiger partial charge in [0.1, 0.15) is 16.2 Å². The van der Waals surface area contributed by atoms with E-state index in [0.717, 1.165) is 28.2 Å². The van der Waals surface area contributed by atoms with Crippen LogP contribution in [0.5, 0.6) is 0 Å². The molecule has 9 heteroatoms. The number of fused-ring (bicyclic) bond motifs is 1. The standard InChI is InChI=1S/C14H13N5O2S2/c1-8-5-9-12(22-8)15-7-16-13(9)23-14-18-17-10(21-14)6-19-4-2-3-11(19)20/h5,7H,2-4,6H2,1H3. The minimum atomic E-state index is 0.142. The molecular weight excluding hydrogens is 334 g/mol. The first-order chi connectivity index (χ1) is 11.2. The lowest BCUT2D eigenvalue weighted by Crippen LogP contribution is -2.23. The molecule has 1 saturated heterocycles. The van der Waals surface area contributed by atoms with Crippen LogP contribution in [0.2, 0.25) is 0 Å². The highest BCUT2D eigenvalue weighted by molar-refractivity contribution is 7.99. The molecule has 1 aliphatic rings. The van der Waals surface area contributed by atoms with Crippen LogP contribution in [0, 0.1) is 6.92 Å². The van der Waals surface area contributed by atoms with Crippen LogP contribution in [-0.4, -0.2) is 37.5 Å². The topological polar surface area (TPSA) is 85.0 Å². The summed E-state index contributed by atoms with van der Waals surface area (Å²) in [6.07, 6.45) is 3.04. The van der Waals surface area contributed by atoms with Crippen LogP contribution in [0.15, 0.2) is 27.1 Å². The predicted molar refractivity (Wildman–Crippen MR) is 85.2 cm³/mol. The Bertz CT molecular complexity index is 875. The molecule has 4 rings (SSSR count). The lowest BCUT2D eigenvalue weighted by atomic mass is 10.4. The number of carbonyl (C=O) groups is 1. The number of nitrogens with zero attached hydrogens (tertiary/aromatic N) is 5. The van der Waals surface area contributed by atoms with E-state index in [2.05, 4.69) is 26.2 Å². The first-order valence-corrected chi connectivity index (χ1v) is 8.81. The molecule has 0 aliphatic carbocycles. The SMILES string of the molecule is Cc1cc2c(Sc3nnc(CN4CCCC4=O)o3)ncnc2s1. The molecule has 0 saturated carbocycles. The molecule has 1 fully saturated rings. The Hall–Kier alpha value is -2.00. The minimum absolute atomic E-state index is 0.142. The van der Waals surface area contributed by atoms with Crippen molar-refractivity contribution >= 4 is 39.2 Å². The summed E-state index contributed by atoms with van der Waals surface area (Å²) in [5, 5.41) is 10.3. The third kappa shape index (κ3) is 2.93. The third-order valence-corrected chi connectivity index (χ3v) is 5.36. The Morgan fingerprint density at radius 2 is 2.30 bits per heavy atom. The molecule has 7 nitrogen and oxygen atoms in total. The average molecular weight is 347 g/mol. The van der Waals surface area contributed by atoms with Gasteiger partial charge in [0, 0.05) is 23.2 Å². The second-order valence-corrected chi connectivity index (χ2v) is 7.41. The van der Waals surface area contributed by atoms with Gasteiger partial charge in [0.15, 0.2) is 0 Å². The number of carbonyl (C=O) groups excluding carboxylic acids is 1. The molecule has 3 aromatic rings. The smallest absolute Gasteiger partial charge is 0.283 e. The molecule has 1 amide bonds. The summed E-state index contributed by atoms with van der Waals surface area (Å²) >= 11 is 2.95. The Kier molecular flexibility index (Phi) is 3.74. The molecule has 0 atom stereocenters. The zero-order valence-corrected chi connectivity index (χ0v) is 14.0. The van der Waals surface area contributed by atoms with Crippen molar-refractivity contribution in [3.05, 3.63) is 23.2 Å². The molecule has 3 aromatic heterocycles. The van der Waals surface area contributed by atoms with Gasteiger partial charge in [-0.1, -0.05) is 0 Å². The van der Waals surface area contributed by atoms with Gasteiger partial charge < -0.3 is 9.32 Å². The maximum atomic E-state index is 11.6. The summed E-state index contributed by atoms with van der Waals surface area (Å²) in [5.41, 5.74) is 0. The normalized spacial score (nSPS) is 15.0. The van der Waals surface area contributed by atoms with E-state index in [0.29, 0.717) is 24.1 Å². The molecular formula is C14H13N5O2S2. The summed E-state index contributed by atoms with van der Waals surface area (Å²) < 4.78 is 5.64. The van der Waals surface area contributed by atoms with Gasteiger partial charge in [-0.25, -0.2) is 9.97 Å². The minimum Gasteiger partial charge on any atom is -0.414 e. The molecule has 4 heterocycles. The summed E-state index contributed by atoms with van der Waals surface area (Å²) in [7, 11) is 0. The van der Waals surface area contributed by atoms with E-state index in [1.54, 1.807) is 22.6 Å². The maximum absolute atomic E-state index is 11.6. The van der Waals surface area contributed by atoms with Gasteiger partial charge in [0.05, 0.1) is 6.54 Å². The van der Waals surface area contributed by atoms with Gasteiger partial charge in [0.2, 0.25) is 11.8 Å². The Morgan fingerprint density at radius 1 is 1.39 bits per heavy atom. The Balaban J connectivity index is 1.53. The van der Waals surface area contributed by atoms with Gasteiger partial charge in [-0.3, -0.25) is 4.79 Å². The van der Waals surface area contributed by atoms with Crippen LogP contribution in [0.4, 0.5) is 0 Å². The quantitative estimate of drug-likeness (QED) is 0.671. The third-order valence-electron chi connectivity index (χ3n) is 3.55. The predicted octanol–water partition coefficient (Wildman–Crippen LogP) is 2.66. The van der Waals surface area contributed by atoms with Crippen molar-refractivity contribution in [3.8, 4) is 0 Å². The van der Waals surface area contributed by atoms with E-state index < -0.39 is 0 Å². The molecule has 118 valence electrons. The number of aromatic nitrogens is 4. The van der Waals surface area contributed by atoms with Crippen molar-refractivity contribution in [1.82, 2.24) is 25.1 Å². The second-order valence-electron chi connectivity index (χ2n) is 5.24. The number of amides is 1. The molecule has 0 bridgehead atoms. The number of rotatable bonds is 4. The summed E-state index contributed by atoms with van der Waals surface area (Å²) in [5.74, 6) is 0.596. The van der Waals surface area contributed by atoms with E-state index in [-0.39, 0.29) is 5.91 Å². The lowest BCUT2D eigenvalue weighted by molar-refractivity contribution is -0.128. The van der Waals surface area contributed by atoms with Crippen molar-refractivity contribution in [2.45, 2.75) is 36.6 Å². The highest BCUT2D eigenvalue weighted by Gasteiger charge is 2.22. The van der Waals surface area contributed by atoms with E-state index in [1.807, 2.05) is 6.92 Å². The molecule has 0 aromatic carbocycles. The van der Waals surface area contributed by atoms with Crippen molar-refractivity contribution in [1.29, 1.82) is 0 Å². The van der Waals surface area contributed by atoms with Gasteiger partial charge in [-0.05, 0) is 31.2 Å². The summed E-state index contributed by atoms with van der Waals surface area (Å²) in [4.78, 5) is 24.1. The van der Waals surface area contributed by atoms with Gasteiger partial charge >= 0.3 is 0 Å². The van der Waals surface area contributed by atoms with Crippen molar-refractivity contribution < 1.29 is 9.21 Å². The summed E-state index contributed by atoms with van der Waals surface area (Å²) in [6.45, 7) is 3.17. The Morgan fingerprint density at radius 3 is 3.13 bits per heavy atom. The molecule has 1 aliphatic heterocycles. The first kappa shape index (κ1) is 14.6. The van der Waals surface area contributed by atoms with Gasteiger partial charge in [-0.2, -0.15) is 0 Å². The molecule has 0 spiro atoms. The van der Waals surface area contributed by atoms with E-state index >= 15 is 0 Å². The maximum Gasteiger partial charge on any atom is 0.283 e. The largest absolute Gasteiger partial charge is 0.414 e. The van der Waals surface area contributed by atoms with E-state index in [4.69, 9.17) is 4.42 Å². The van der Waals surface area contributed by atoms with Crippen LogP contribution in [-0.2, 0) is 11.3 Å². The summed E-state index contributed by atoms with van der Waals surface area (Å²) in [6, 6.07) is 2.06. The van der Waals surface area contributed by atoms with Gasteiger partial charge in [0.25, 0.3) is 5.22 Å². The monoisotopic (exact) mass is 347 g/mol. The van der Waals surface area contributed by atoms with Crippen molar-refractivity contribution in [3.63, 3.8) is 0 Å². The van der Waals surface area contributed by atoms with Crippen molar-refractivity contribution in [2.24, 2.45) is 0 Å². The highest BCUT2D eigenvalue weighted by Crippen LogP contribution is 2.33. The lowest BCUT2D eigenvalue weighted by Gasteiger charge is -2.11. The fraction of sp³-hybridized carbons (Fsp3) is 0.357. The zero-order chi connectivity index (χ0) is 15.8. The fourth-order valence-corrected chi connectivity index (χ4v) is 4.16. The molecule has 0 unspecified atom stereocenters. The average Bonchev–Trinajstić information content (AvgIpc) is 3.21. The molecule has 0 radical (unpaired) electrons. The number of likely N-dealkylation sites (tertiary alicyclic amines) is 1. The van der Waals surface area contributed by atoms with Crippen LogP contribution >= 0.6 is 23.1 Å². The van der Waals surface area contributed by atoms with Crippen molar-refractivity contribution in [2.75, 3.05) is 6.54 Å². The van der Waals surface area contributed by atoms with Crippen LogP contribution in [0.1, 0.15) is 23.6 Å². The van der Waals surface area contributed by atoms with E-state index in [1.165, 1.54) is 16.6 Å². The Labute approximate surface area is 140 Å². The highest BCUT2D eigenvalue weighted by atomic mass is 32.2. The number of hydrogen-bond acceptors (Lipinski definition) is 8. The molecule has 23 heavy (non-hydrogen) atoms. The number of hydrogen-bond donors (Lipinski definition) is 0.